The molecule has 0 bridgehead atoms. The van der Waals surface area contributed by atoms with Gasteiger partial charge in [-0.25, -0.2) is 4.39 Å². The highest BCUT2D eigenvalue weighted by atomic mass is 79.9. The van der Waals surface area contributed by atoms with Gasteiger partial charge in [-0.1, -0.05) is 0 Å². The SMILES string of the molecule is CC(=O)c1c(OC(F)(F)F)ccc(Br)c1F. The standard InChI is InChI=1S/C9H5BrF4O2/c1-4(15)7-6(16-9(12,13)14)3-2-5(10)8(7)11/h2-3H,1H3. The van der Waals surface area contributed by atoms with E-state index in [0.717, 1.165) is 19.1 Å². The third-order valence-corrected chi connectivity index (χ3v) is 2.25. The van der Waals surface area contributed by atoms with E-state index in [2.05, 4.69) is 20.7 Å². The summed E-state index contributed by atoms with van der Waals surface area (Å²) in [4.78, 5) is 11.0. The first kappa shape index (κ1) is 13.0. The van der Waals surface area contributed by atoms with Crippen molar-refractivity contribution in [3.8, 4) is 5.75 Å². The fourth-order valence-corrected chi connectivity index (χ4v) is 1.40. The van der Waals surface area contributed by atoms with E-state index in [1.807, 2.05) is 0 Å². The van der Waals surface area contributed by atoms with Gasteiger partial charge in [-0.15, -0.1) is 13.2 Å². The lowest BCUT2D eigenvalue weighted by atomic mass is 10.1. The van der Waals surface area contributed by atoms with E-state index in [1.165, 1.54) is 0 Å². The summed E-state index contributed by atoms with van der Waals surface area (Å²) in [6.45, 7) is 0.952. The number of benzene rings is 1. The molecule has 16 heavy (non-hydrogen) atoms. The minimum Gasteiger partial charge on any atom is -0.405 e. The van der Waals surface area contributed by atoms with Gasteiger partial charge in [0.2, 0.25) is 0 Å². The minimum atomic E-state index is -4.97. The van der Waals surface area contributed by atoms with Crippen molar-refractivity contribution in [3.63, 3.8) is 0 Å². The van der Waals surface area contributed by atoms with E-state index in [9.17, 15) is 22.4 Å². The van der Waals surface area contributed by atoms with Crippen molar-refractivity contribution in [2.75, 3.05) is 0 Å². The van der Waals surface area contributed by atoms with Crippen LogP contribution in [0.4, 0.5) is 17.6 Å². The molecule has 1 aromatic rings. The fraction of sp³-hybridized carbons (Fsp3) is 0.222. The Bertz CT molecular complexity index is 428. The molecule has 1 rings (SSSR count). The highest BCUT2D eigenvalue weighted by Crippen LogP contribution is 2.31. The number of ketones is 1. The second-order valence-electron chi connectivity index (χ2n) is 2.84. The average molecular weight is 301 g/mol. The molecule has 0 fully saturated rings. The van der Waals surface area contributed by atoms with Gasteiger partial charge < -0.3 is 4.74 Å². The lowest BCUT2D eigenvalue weighted by Gasteiger charge is -2.12. The molecule has 0 aliphatic heterocycles. The zero-order valence-electron chi connectivity index (χ0n) is 7.86. The molecule has 0 atom stereocenters. The van der Waals surface area contributed by atoms with Gasteiger partial charge in [0.1, 0.15) is 5.75 Å². The van der Waals surface area contributed by atoms with Crippen LogP contribution in [0.1, 0.15) is 17.3 Å². The summed E-state index contributed by atoms with van der Waals surface area (Å²) < 4.78 is 52.7. The van der Waals surface area contributed by atoms with Crippen LogP contribution in [0.3, 0.4) is 0 Å². The largest absolute Gasteiger partial charge is 0.573 e. The van der Waals surface area contributed by atoms with Crippen molar-refractivity contribution in [1.82, 2.24) is 0 Å². The Morgan fingerprint density at radius 1 is 1.38 bits per heavy atom. The first-order valence-corrected chi connectivity index (χ1v) is 4.76. The predicted octanol–water partition coefficient (Wildman–Crippen LogP) is 3.69. The van der Waals surface area contributed by atoms with Crippen molar-refractivity contribution in [2.45, 2.75) is 13.3 Å². The molecule has 0 unspecified atom stereocenters. The Labute approximate surface area is 96.3 Å². The van der Waals surface area contributed by atoms with Gasteiger partial charge >= 0.3 is 6.36 Å². The van der Waals surface area contributed by atoms with Gasteiger partial charge in [-0.05, 0) is 35.0 Å². The average Bonchev–Trinajstić information content (AvgIpc) is 2.08. The van der Waals surface area contributed by atoms with Gasteiger partial charge in [-0.3, -0.25) is 4.79 Å². The lowest BCUT2D eigenvalue weighted by molar-refractivity contribution is -0.274. The number of rotatable bonds is 2. The summed E-state index contributed by atoms with van der Waals surface area (Å²) in [5.41, 5.74) is -0.730. The number of alkyl halides is 3. The molecule has 0 heterocycles. The summed E-state index contributed by atoms with van der Waals surface area (Å²) in [6.07, 6.45) is -4.97. The zero-order chi connectivity index (χ0) is 12.5. The first-order valence-electron chi connectivity index (χ1n) is 3.97. The van der Waals surface area contributed by atoms with Gasteiger partial charge in [0.05, 0.1) is 10.0 Å². The van der Waals surface area contributed by atoms with E-state index >= 15 is 0 Å². The summed E-state index contributed by atoms with van der Waals surface area (Å²) in [6, 6.07) is 1.90. The fourth-order valence-electron chi connectivity index (χ4n) is 1.07. The molecular formula is C9H5BrF4O2. The molecule has 0 saturated carbocycles. The Morgan fingerprint density at radius 3 is 2.38 bits per heavy atom. The van der Waals surface area contributed by atoms with Gasteiger partial charge in [0.25, 0.3) is 0 Å². The van der Waals surface area contributed by atoms with Gasteiger partial charge in [-0.2, -0.15) is 0 Å². The molecule has 88 valence electrons. The molecule has 0 aromatic heterocycles. The van der Waals surface area contributed by atoms with Crippen LogP contribution < -0.4 is 4.74 Å². The third kappa shape index (κ3) is 2.94. The van der Waals surface area contributed by atoms with Crippen LogP contribution in [0.25, 0.3) is 0 Å². The highest BCUT2D eigenvalue weighted by Gasteiger charge is 2.33. The quantitative estimate of drug-likeness (QED) is 0.615. The van der Waals surface area contributed by atoms with Crippen molar-refractivity contribution in [1.29, 1.82) is 0 Å². The van der Waals surface area contributed by atoms with Crippen LogP contribution in [0, 0.1) is 5.82 Å². The Kier molecular flexibility index (Phi) is 3.57. The number of carbonyl (C=O) groups excluding carboxylic acids is 1. The molecule has 1 aromatic carbocycles. The smallest absolute Gasteiger partial charge is 0.405 e. The molecule has 7 heteroatoms. The van der Waals surface area contributed by atoms with E-state index in [-0.39, 0.29) is 4.47 Å². The highest BCUT2D eigenvalue weighted by molar-refractivity contribution is 9.10. The van der Waals surface area contributed by atoms with Crippen LogP contribution >= 0.6 is 15.9 Å². The number of hydrogen-bond donors (Lipinski definition) is 0. The van der Waals surface area contributed by atoms with Crippen molar-refractivity contribution < 1.29 is 27.1 Å². The van der Waals surface area contributed by atoms with Crippen LogP contribution in [0.5, 0.6) is 5.75 Å². The summed E-state index contributed by atoms with van der Waals surface area (Å²) in [5.74, 6) is -2.77. The third-order valence-electron chi connectivity index (χ3n) is 1.63. The number of halogens is 5. The van der Waals surface area contributed by atoms with Crippen LogP contribution in [0.2, 0.25) is 0 Å². The molecule has 0 aliphatic rings. The summed E-state index contributed by atoms with van der Waals surface area (Å²) in [7, 11) is 0. The topological polar surface area (TPSA) is 26.3 Å². The molecule has 0 radical (unpaired) electrons. The number of hydrogen-bond acceptors (Lipinski definition) is 2. The van der Waals surface area contributed by atoms with E-state index < -0.39 is 29.3 Å². The maximum atomic E-state index is 13.4. The summed E-state index contributed by atoms with van der Waals surface area (Å²) in [5, 5.41) is 0. The molecule has 0 aliphatic carbocycles. The molecule has 0 N–H and O–H groups in total. The minimum absolute atomic E-state index is 0.104. The molecule has 0 amide bonds. The Hall–Kier alpha value is -1.11. The maximum absolute atomic E-state index is 13.4. The van der Waals surface area contributed by atoms with E-state index in [1.54, 1.807) is 0 Å². The number of Topliss-reactive ketones (excluding diaryl/α,β-unsaturated/α-hetero) is 1. The van der Waals surface area contributed by atoms with Crippen molar-refractivity contribution in [2.24, 2.45) is 0 Å². The number of carbonyl (C=O) groups is 1. The van der Waals surface area contributed by atoms with Crippen LogP contribution in [0.15, 0.2) is 16.6 Å². The Morgan fingerprint density at radius 2 is 1.94 bits per heavy atom. The molecule has 0 saturated heterocycles. The summed E-state index contributed by atoms with van der Waals surface area (Å²) >= 11 is 2.76. The zero-order valence-corrected chi connectivity index (χ0v) is 9.45. The monoisotopic (exact) mass is 300 g/mol. The second kappa shape index (κ2) is 4.40. The second-order valence-corrected chi connectivity index (χ2v) is 3.69. The normalized spacial score (nSPS) is 11.4. The van der Waals surface area contributed by atoms with Crippen molar-refractivity contribution >= 4 is 21.7 Å². The molecule has 2 nitrogen and oxygen atoms in total. The van der Waals surface area contributed by atoms with Crippen molar-refractivity contribution in [3.05, 3.63) is 28.0 Å². The maximum Gasteiger partial charge on any atom is 0.573 e. The lowest BCUT2D eigenvalue weighted by Crippen LogP contribution is -2.19. The Balaban J connectivity index is 3.29. The van der Waals surface area contributed by atoms with E-state index in [0.29, 0.717) is 0 Å². The van der Waals surface area contributed by atoms with E-state index in [4.69, 9.17) is 0 Å². The molecule has 0 spiro atoms. The predicted molar refractivity (Wildman–Crippen MR) is 50.8 cm³/mol. The first-order chi connectivity index (χ1) is 7.22. The van der Waals surface area contributed by atoms with Crippen LogP contribution in [-0.2, 0) is 0 Å². The molecular weight excluding hydrogens is 296 g/mol. The van der Waals surface area contributed by atoms with Crippen LogP contribution in [-0.4, -0.2) is 12.1 Å². The van der Waals surface area contributed by atoms with Gasteiger partial charge in [0, 0.05) is 0 Å². The number of ether oxygens (including phenoxy) is 1. The van der Waals surface area contributed by atoms with Gasteiger partial charge in [0.15, 0.2) is 11.6 Å².